The number of pyridine rings is 1. The van der Waals surface area contributed by atoms with Crippen LogP contribution in [0, 0.1) is 0 Å². The standard InChI is InChI=1S/C20H19BrN4S/c1-26-20-23-11-16-13-25(9-8-19(16)24-20)12-14-2-7-18(22-10-14)15-3-5-17(21)6-4-15/h2-7,10-11H,8-9,12-13H2,1H3. The maximum Gasteiger partial charge on any atom is 0.187 e. The van der Waals surface area contributed by atoms with E-state index < -0.39 is 0 Å². The molecular formula is C20H19BrN4S. The molecule has 0 spiro atoms. The molecule has 1 aromatic carbocycles. The topological polar surface area (TPSA) is 41.9 Å². The number of fused-ring (bicyclic) bond motifs is 1. The van der Waals surface area contributed by atoms with Crippen LogP contribution in [-0.2, 0) is 19.5 Å². The van der Waals surface area contributed by atoms with Crippen LogP contribution in [0.25, 0.3) is 11.3 Å². The average Bonchev–Trinajstić information content (AvgIpc) is 2.69. The molecule has 132 valence electrons. The highest BCUT2D eigenvalue weighted by Gasteiger charge is 2.18. The number of thioether (sulfide) groups is 1. The summed E-state index contributed by atoms with van der Waals surface area (Å²) in [6, 6.07) is 12.5. The molecule has 0 saturated heterocycles. The first-order valence-corrected chi connectivity index (χ1v) is 10.5. The molecule has 6 heteroatoms. The molecule has 0 amide bonds. The highest BCUT2D eigenvalue weighted by molar-refractivity contribution is 9.10. The largest absolute Gasteiger partial charge is 0.294 e. The monoisotopic (exact) mass is 426 g/mol. The van der Waals surface area contributed by atoms with Crippen molar-refractivity contribution in [1.82, 2.24) is 19.9 Å². The fraction of sp³-hybridized carbons (Fsp3) is 0.250. The Hall–Kier alpha value is -1.76. The van der Waals surface area contributed by atoms with Gasteiger partial charge in [0.25, 0.3) is 0 Å². The molecule has 4 nitrogen and oxygen atoms in total. The minimum absolute atomic E-state index is 0.866. The third-order valence-electron chi connectivity index (χ3n) is 4.54. The fourth-order valence-corrected chi connectivity index (χ4v) is 3.78. The molecule has 26 heavy (non-hydrogen) atoms. The quantitative estimate of drug-likeness (QED) is 0.450. The zero-order valence-electron chi connectivity index (χ0n) is 14.5. The number of rotatable bonds is 4. The minimum atomic E-state index is 0.866. The van der Waals surface area contributed by atoms with Gasteiger partial charge in [-0.3, -0.25) is 9.88 Å². The Labute approximate surface area is 166 Å². The Bertz CT molecular complexity index is 897. The van der Waals surface area contributed by atoms with E-state index in [1.54, 1.807) is 11.8 Å². The molecule has 1 aliphatic rings. The highest BCUT2D eigenvalue weighted by atomic mass is 79.9. The van der Waals surface area contributed by atoms with Gasteiger partial charge in [0, 0.05) is 54.0 Å². The fourth-order valence-electron chi connectivity index (χ4n) is 3.16. The molecule has 3 aromatic rings. The van der Waals surface area contributed by atoms with Crippen molar-refractivity contribution in [2.45, 2.75) is 24.7 Å². The number of benzene rings is 1. The van der Waals surface area contributed by atoms with Crippen LogP contribution in [-0.4, -0.2) is 32.7 Å². The van der Waals surface area contributed by atoms with Crippen molar-refractivity contribution >= 4 is 27.7 Å². The van der Waals surface area contributed by atoms with Crippen molar-refractivity contribution in [3.8, 4) is 11.3 Å². The molecule has 0 bridgehead atoms. The number of hydrogen-bond donors (Lipinski definition) is 0. The predicted octanol–water partition coefficient (Wildman–Crippen LogP) is 4.58. The van der Waals surface area contributed by atoms with Crippen LogP contribution in [0.3, 0.4) is 0 Å². The lowest BCUT2D eigenvalue weighted by atomic mass is 10.1. The molecule has 3 heterocycles. The first kappa shape index (κ1) is 17.6. The summed E-state index contributed by atoms with van der Waals surface area (Å²) in [4.78, 5) is 16.1. The summed E-state index contributed by atoms with van der Waals surface area (Å²) >= 11 is 5.07. The zero-order valence-corrected chi connectivity index (χ0v) is 16.9. The molecule has 4 rings (SSSR count). The maximum atomic E-state index is 4.64. The summed E-state index contributed by atoms with van der Waals surface area (Å²) in [5.41, 5.74) is 5.81. The van der Waals surface area contributed by atoms with Gasteiger partial charge >= 0.3 is 0 Å². The van der Waals surface area contributed by atoms with Crippen molar-refractivity contribution in [2.75, 3.05) is 12.8 Å². The first-order chi connectivity index (χ1) is 12.7. The van der Waals surface area contributed by atoms with E-state index in [0.717, 1.165) is 46.9 Å². The molecule has 0 saturated carbocycles. The molecule has 0 N–H and O–H groups in total. The van der Waals surface area contributed by atoms with Crippen LogP contribution >= 0.6 is 27.7 Å². The summed E-state index contributed by atoms with van der Waals surface area (Å²) in [7, 11) is 0. The Balaban J connectivity index is 1.43. The maximum absolute atomic E-state index is 4.64. The van der Waals surface area contributed by atoms with E-state index in [1.807, 2.05) is 30.8 Å². The van der Waals surface area contributed by atoms with Gasteiger partial charge in [-0.15, -0.1) is 0 Å². The molecule has 0 aliphatic carbocycles. The predicted molar refractivity (Wildman–Crippen MR) is 109 cm³/mol. The van der Waals surface area contributed by atoms with Crippen molar-refractivity contribution in [2.24, 2.45) is 0 Å². The van der Waals surface area contributed by atoms with E-state index in [9.17, 15) is 0 Å². The molecule has 0 atom stereocenters. The third kappa shape index (κ3) is 3.98. The van der Waals surface area contributed by atoms with Gasteiger partial charge < -0.3 is 0 Å². The molecule has 1 aliphatic heterocycles. The second-order valence-corrected chi connectivity index (χ2v) is 8.04. The van der Waals surface area contributed by atoms with Crippen LogP contribution in [0.1, 0.15) is 16.8 Å². The number of aromatic nitrogens is 3. The normalized spacial score (nSPS) is 14.2. The Morgan fingerprint density at radius 1 is 1.08 bits per heavy atom. The number of nitrogens with zero attached hydrogens (tertiary/aromatic N) is 4. The first-order valence-electron chi connectivity index (χ1n) is 8.53. The van der Waals surface area contributed by atoms with Crippen molar-refractivity contribution < 1.29 is 0 Å². The van der Waals surface area contributed by atoms with Gasteiger partial charge in [0.1, 0.15) is 0 Å². The van der Waals surface area contributed by atoms with Crippen LogP contribution in [0.5, 0.6) is 0 Å². The average molecular weight is 427 g/mol. The van der Waals surface area contributed by atoms with E-state index in [0.29, 0.717) is 0 Å². The van der Waals surface area contributed by atoms with Gasteiger partial charge in [-0.05, 0) is 30.0 Å². The summed E-state index contributed by atoms with van der Waals surface area (Å²) < 4.78 is 1.08. The molecular weight excluding hydrogens is 408 g/mol. The lowest BCUT2D eigenvalue weighted by Crippen LogP contribution is -2.31. The summed E-state index contributed by atoms with van der Waals surface area (Å²) in [6.45, 7) is 2.82. The van der Waals surface area contributed by atoms with Crippen molar-refractivity contribution in [1.29, 1.82) is 0 Å². The van der Waals surface area contributed by atoms with E-state index in [4.69, 9.17) is 0 Å². The Morgan fingerprint density at radius 2 is 1.92 bits per heavy atom. The van der Waals surface area contributed by atoms with Crippen LogP contribution in [0.4, 0.5) is 0 Å². The number of hydrogen-bond acceptors (Lipinski definition) is 5. The van der Waals surface area contributed by atoms with Crippen molar-refractivity contribution in [3.05, 3.63) is 70.1 Å². The summed E-state index contributed by atoms with van der Waals surface area (Å²) in [5.74, 6) is 0. The highest BCUT2D eigenvalue weighted by Crippen LogP contribution is 2.22. The van der Waals surface area contributed by atoms with Gasteiger partial charge in [-0.1, -0.05) is 45.9 Å². The van der Waals surface area contributed by atoms with Gasteiger partial charge in [0.05, 0.1) is 11.4 Å². The van der Waals surface area contributed by atoms with Gasteiger partial charge in [-0.2, -0.15) is 0 Å². The summed E-state index contributed by atoms with van der Waals surface area (Å²) in [6.07, 6.45) is 6.97. The van der Waals surface area contributed by atoms with Gasteiger partial charge in [0.15, 0.2) is 5.16 Å². The van der Waals surface area contributed by atoms with Crippen LogP contribution < -0.4 is 0 Å². The second kappa shape index (κ2) is 7.86. The summed E-state index contributed by atoms with van der Waals surface area (Å²) in [5, 5.41) is 0.866. The molecule has 0 fully saturated rings. The van der Waals surface area contributed by atoms with E-state index in [2.05, 4.69) is 60.0 Å². The molecule has 0 radical (unpaired) electrons. The van der Waals surface area contributed by atoms with Crippen molar-refractivity contribution in [3.63, 3.8) is 0 Å². The molecule has 2 aromatic heterocycles. The smallest absolute Gasteiger partial charge is 0.187 e. The lowest BCUT2D eigenvalue weighted by Gasteiger charge is -2.27. The SMILES string of the molecule is CSc1ncc2c(n1)CCN(Cc1ccc(-c3ccc(Br)cc3)nc1)C2. The second-order valence-electron chi connectivity index (χ2n) is 6.35. The molecule has 0 unspecified atom stereocenters. The van der Waals surface area contributed by atoms with E-state index >= 15 is 0 Å². The number of halogens is 1. The van der Waals surface area contributed by atoms with Crippen LogP contribution in [0.2, 0.25) is 0 Å². The van der Waals surface area contributed by atoms with Crippen LogP contribution in [0.15, 0.2) is 58.4 Å². The van der Waals surface area contributed by atoms with E-state index in [-0.39, 0.29) is 0 Å². The lowest BCUT2D eigenvalue weighted by molar-refractivity contribution is 0.242. The third-order valence-corrected chi connectivity index (χ3v) is 5.63. The Kier molecular flexibility index (Phi) is 5.33. The van der Waals surface area contributed by atoms with Gasteiger partial charge in [0.2, 0.25) is 0 Å². The van der Waals surface area contributed by atoms with Gasteiger partial charge in [-0.25, -0.2) is 9.97 Å². The Morgan fingerprint density at radius 3 is 2.65 bits per heavy atom. The zero-order chi connectivity index (χ0) is 17.9. The van der Waals surface area contributed by atoms with E-state index in [1.165, 1.54) is 16.8 Å². The minimum Gasteiger partial charge on any atom is -0.294 e.